The van der Waals surface area contributed by atoms with Crippen LogP contribution in [0, 0.1) is 5.92 Å². The number of hydrogen-bond acceptors (Lipinski definition) is 0. The van der Waals surface area contributed by atoms with Gasteiger partial charge in [-0.1, -0.05) is 111 Å². The second-order valence-electron chi connectivity index (χ2n) is 7.72. The van der Waals surface area contributed by atoms with Crippen LogP contribution in [0.3, 0.4) is 0 Å². The van der Waals surface area contributed by atoms with E-state index in [0.717, 1.165) is 5.92 Å². The summed E-state index contributed by atoms with van der Waals surface area (Å²) >= 11 is 0. The van der Waals surface area contributed by atoms with Gasteiger partial charge >= 0.3 is 0 Å². The second kappa shape index (κ2) is 18.5. The molecule has 0 aliphatic carbocycles. The summed E-state index contributed by atoms with van der Waals surface area (Å²) in [6.07, 6.45) is 22.9. The van der Waals surface area contributed by atoms with E-state index < -0.39 is 0 Å². The molecular formula is C22H48ClP. The zero-order valence-corrected chi connectivity index (χ0v) is 19.3. The van der Waals surface area contributed by atoms with Crippen LogP contribution in [-0.4, -0.2) is 5.16 Å². The summed E-state index contributed by atoms with van der Waals surface area (Å²) in [7, 11) is 3.19. The van der Waals surface area contributed by atoms with Crippen LogP contribution in [0.25, 0.3) is 0 Å². The molecule has 2 atom stereocenters. The minimum absolute atomic E-state index is 0. The van der Waals surface area contributed by atoms with E-state index in [-0.39, 0.29) is 12.4 Å². The van der Waals surface area contributed by atoms with Gasteiger partial charge in [0.05, 0.1) is 0 Å². The van der Waals surface area contributed by atoms with E-state index in [1.54, 1.807) is 0 Å². The van der Waals surface area contributed by atoms with Crippen LogP contribution in [0.1, 0.15) is 130 Å². The lowest BCUT2D eigenvalue weighted by Gasteiger charge is -2.36. The van der Waals surface area contributed by atoms with Gasteiger partial charge in [-0.3, -0.25) is 0 Å². The molecule has 0 aliphatic heterocycles. The average Bonchev–Trinajstić information content (AvgIpc) is 2.58. The molecule has 2 unspecified atom stereocenters. The molecule has 0 aliphatic rings. The van der Waals surface area contributed by atoms with Gasteiger partial charge < -0.3 is 0 Å². The molecule has 0 nitrogen and oxygen atoms in total. The van der Waals surface area contributed by atoms with Crippen LogP contribution in [-0.2, 0) is 0 Å². The highest BCUT2D eigenvalue weighted by molar-refractivity contribution is 7.19. The maximum Gasteiger partial charge on any atom is -0.0127 e. The molecule has 0 aromatic rings. The molecule has 0 saturated carbocycles. The Morgan fingerprint density at radius 3 is 1.33 bits per heavy atom. The summed E-state index contributed by atoms with van der Waals surface area (Å²) < 4.78 is 0. The third kappa shape index (κ3) is 13.0. The van der Waals surface area contributed by atoms with Crippen molar-refractivity contribution in [3.05, 3.63) is 0 Å². The monoisotopic (exact) mass is 378 g/mol. The number of halogens is 1. The minimum Gasteiger partial charge on any atom is -0.147 e. The van der Waals surface area contributed by atoms with Gasteiger partial charge in [0, 0.05) is 0 Å². The van der Waals surface area contributed by atoms with Crippen molar-refractivity contribution < 1.29 is 0 Å². The number of hydrogen-bond donors (Lipinski definition) is 0. The van der Waals surface area contributed by atoms with Crippen molar-refractivity contribution in [1.82, 2.24) is 0 Å². The van der Waals surface area contributed by atoms with Gasteiger partial charge in [0.25, 0.3) is 0 Å². The Hall–Kier alpha value is 0.720. The Morgan fingerprint density at radius 1 is 0.625 bits per heavy atom. The van der Waals surface area contributed by atoms with Crippen LogP contribution in [0.4, 0.5) is 0 Å². The third-order valence-electron chi connectivity index (χ3n) is 6.03. The Bertz CT molecular complexity index is 238. The molecule has 0 saturated heterocycles. The lowest BCUT2D eigenvalue weighted by molar-refractivity contribution is 0.313. The van der Waals surface area contributed by atoms with Crippen molar-refractivity contribution in [3.63, 3.8) is 0 Å². The van der Waals surface area contributed by atoms with E-state index >= 15 is 0 Å². The molecule has 0 aromatic heterocycles. The normalized spacial score (nSPS) is 12.9. The smallest absolute Gasteiger partial charge is 0.0127 e. The predicted molar refractivity (Wildman–Crippen MR) is 120 cm³/mol. The molecule has 148 valence electrons. The Balaban J connectivity index is 0. The van der Waals surface area contributed by atoms with E-state index in [9.17, 15) is 0 Å². The SMILES string of the molecule is CCCCCCCCCCCCCCC(CC)C(P)(CC)CC.Cl. The predicted octanol–water partition coefficient (Wildman–Crippen LogP) is 8.96. The van der Waals surface area contributed by atoms with Gasteiger partial charge in [-0.05, 0) is 30.3 Å². The average molecular weight is 379 g/mol. The lowest BCUT2D eigenvalue weighted by Crippen LogP contribution is -2.29. The van der Waals surface area contributed by atoms with Crippen molar-refractivity contribution >= 4 is 21.6 Å². The largest absolute Gasteiger partial charge is 0.147 e. The fraction of sp³-hybridized carbons (Fsp3) is 1.00. The van der Waals surface area contributed by atoms with Crippen LogP contribution in [0.2, 0.25) is 0 Å². The van der Waals surface area contributed by atoms with Gasteiger partial charge in [-0.2, -0.15) is 0 Å². The molecule has 0 radical (unpaired) electrons. The van der Waals surface area contributed by atoms with Gasteiger partial charge in [0.15, 0.2) is 0 Å². The Kier molecular flexibility index (Phi) is 20.8. The van der Waals surface area contributed by atoms with E-state index in [1.165, 1.54) is 103 Å². The number of unbranched alkanes of at least 4 members (excludes halogenated alkanes) is 11. The van der Waals surface area contributed by atoms with Crippen LogP contribution in [0.5, 0.6) is 0 Å². The van der Waals surface area contributed by atoms with Crippen molar-refractivity contribution in [2.24, 2.45) is 5.92 Å². The lowest BCUT2D eigenvalue weighted by atomic mass is 9.81. The first-order valence-corrected chi connectivity index (χ1v) is 11.5. The summed E-state index contributed by atoms with van der Waals surface area (Å²) in [6.45, 7) is 9.41. The summed E-state index contributed by atoms with van der Waals surface area (Å²) in [6, 6.07) is 0. The molecule has 24 heavy (non-hydrogen) atoms. The highest BCUT2D eigenvalue weighted by Gasteiger charge is 2.28. The quantitative estimate of drug-likeness (QED) is 0.175. The first-order chi connectivity index (χ1) is 11.1. The maximum absolute atomic E-state index is 3.19. The molecule has 0 fully saturated rings. The molecule has 0 amide bonds. The Morgan fingerprint density at radius 2 is 1.00 bits per heavy atom. The standard InChI is InChI=1S/C22H47P.ClH/c1-5-9-10-11-12-13-14-15-16-17-18-19-20-21(6-2)22(23,7-3)8-4;/h21H,5-20,23H2,1-4H3;1H. The van der Waals surface area contributed by atoms with Gasteiger partial charge in [0.1, 0.15) is 0 Å². The van der Waals surface area contributed by atoms with E-state index in [0.29, 0.717) is 5.16 Å². The zero-order valence-electron chi connectivity index (χ0n) is 17.4. The second-order valence-corrected chi connectivity index (χ2v) is 8.87. The van der Waals surface area contributed by atoms with Gasteiger partial charge in [-0.15, -0.1) is 21.6 Å². The molecule has 0 N–H and O–H groups in total. The molecule has 0 aromatic carbocycles. The van der Waals surface area contributed by atoms with Crippen LogP contribution >= 0.6 is 21.6 Å². The summed E-state index contributed by atoms with van der Waals surface area (Å²) in [5.74, 6) is 0.908. The highest BCUT2D eigenvalue weighted by Crippen LogP contribution is 2.39. The van der Waals surface area contributed by atoms with E-state index in [4.69, 9.17) is 0 Å². The summed E-state index contributed by atoms with van der Waals surface area (Å²) in [4.78, 5) is 0. The fourth-order valence-corrected chi connectivity index (χ4v) is 4.36. The maximum atomic E-state index is 3.19. The van der Waals surface area contributed by atoms with Crippen LogP contribution in [0.15, 0.2) is 0 Å². The zero-order chi connectivity index (χ0) is 17.4. The third-order valence-corrected chi connectivity index (χ3v) is 7.32. The molecular weight excluding hydrogens is 331 g/mol. The van der Waals surface area contributed by atoms with Gasteiger partial charge in [-0.25, -0.2) is 0 Å². The first kappa shape index (κ1) is 26.9. The summed E-state index contributed by atoms with van der Waals surface area (Å²) in [5.41, 5.74) is 0. The number of rotatable bonds is 17. The first-order valence-electron chi connectivity index (χ1n) is 10.9. The topological polar surface area (TPSA) is 0 Å². The van der Waals surface area contributed by atoms with Crippen molar-refractivity contribution in [1.29, 1.82) is 0 Å². The van der Waals surface area contributed by atoms with Crippen molar-refractivity contribution in [2.75, 3.05) is 0 Å². The fourth-order valence-electron chi connectivity index (χ4n) is 3.96. The molecule has 0 rings (SSSR count). The van der Waals surface area contributed by atoms with Crippen LogP contribution < -0.4 is 0 Å². The van der Waals surface area contributed by atoms with Gasteiger partial charge in [0.2, 0.25) is 0 Å². The van der Waals surface area contributed by atoms with Crippen molar-refractivity contribution in [3.8, 4) is 0 Å². The van der Waals surface area contributed by atoms with E-state index in [2.05, 4.69) is 36.9 Å². The van der Waals surface area contributed by atoms with E-state index in [1.807, 2.05) is 0 Å². The highest BCUT2D eigenvalue weighted by atomic mass is 35.5. The molecule has 0 bridgehead atoms. The van der Waals surface area contributed by atoms with Crippen molar-refractivity contribution in [2.45, 2.75) is 136 Å². The minimum atomic E-state index is 0. The molecule has 0 spiro atoms. The molecule has 2 heteroatoms. The Labute approximate surface area is 163 Å². The molecule has 0 heterocycles. The summed E-state index contributed by atoms with van der Waals surface area (Å²) in [5, 5.41) is 0.506.